The molecule has 0 saturated carbocycles. The van der Waals surface area contributed by atoms with Crippen molar-refractivity contribution < 1.29 is 0 Å². The first kappa shape index (κ1) is 12.9. The zero-order valence-corrected chi connectivity index (χ0v) is 10.9. The molecule has 0 spiro atoms. The first-order valence-corrected chi connectivity index (χ1v) is 5.63. The van der Waals surface area contributed by atoms with Crippen molar-refractivity contribution in [2.24, 2.45) is 4.99 Å². The normalized spacial score (nSPS) is 11.5. The van der Waals surface area contributed by atoms with Crippen LogP contribution in [0.2, 0.25) is 0 Å². The van der Waals surface area contributed by atoms with Gasteiger partial charge in [-0.25, -0.2) is 0 Å². The molecule has 1 rings (SSSR count). The molecule has 0 atom stereocenters. The lowest BCUT2D eigenvalue weighted by atomic mass is 10.2. The summed E-state index contributed by atoms with van der Waals surface area (Å²) >= 11 is 3.25. The number of nitrogen functional groups attached to an aromatic ring is 1. The maximum atomic E-state index is 11.5. The monoisotopic (exact) mass is 286 g/mol. The number of aromatic nitrogens is 1. The van der Waals surface area contributed by atoms with E-state index in [-0.39, 0.29) is 5.56 Å². The Morgan fingerprint density at radius 2 is 2.31 bits per heavy atom. The van der Waals surface area contributed by atoms with E-state index in [1.165, 1.54) is 12.4 Å². The van der Waals surface area contributed by atoms with Crippen LogP contribution in [0.3, 0.4) is 0 Å². The van der Waals surface area contributed by atoms with Crippen molar-refractivity contribution in [3.8, 4) is 0 Å². The van der Waals surface area contributed by atoms with E-state index in [0.717, 1.165) is 6.54 Å². The summed E-state index contributed by atoms with van der Waals surface area (Å²) in [5.74, 6) is 0. The highest BCUT2D eigenvalue weighted by molar-refractivity contribution is 9.10. The molecule has 1 aromatic heterocycles. The third kappa shape index (κ3) is 3.46. The number of nitrogens with two attached hydrogens (primary N) is 1. The van der Waals surface area contributed by atoms with Gasteiger partial charge in [0, 0.05) is 19.0 Å². The van der Waals surface area contributed by atoms with Crippen molar-refractivity contribution in [2.75, 3.05) is 32.9 Å². The van der Waals surface area contributed by atoms with E-state index in [1.807, 2.05) is 19.0 Å². The number of likely N-dealkylation sites (N-methyl/N-ethyl adjacent to an activating group) is 1. The third-order valence-corrected chi connectivity index (χ3v) is 2.67. The van der Waals surface area contributed by atoms with Gasteiger partial charge in [0.1, 0.15) is 0 Å². The minimum Gasteiger partial charge on any atom is -0.397 e. The molecule has 0 amide bonds. The lowest BCUT2D eigenvalue weighted by Gasteiger charge is -2.05. The lowest BCUT2D eigenvalue weighted by Crippen LogP contribution is -2.17. The third-order valence-electron chi connectivity index (χ3n) is 2.02. The van der Waals surface area contributed by atoms with Crippen LogP contribution in [0.25, 0.3) is 0 Å². The number of H-pyrrole nitrogens is 1. The van der Waals surface area contributed by atoms with Crippen LogP contribution < -0.4 is 11.3 Å². The summed E-state index contributed by atoms with van der Waals surface area (Å²) in [7, 11) is 3.94. The molecular weight excluding hydrogens is 272 g/mol. The summed E-state index contributed by atoms with van der Waals surface area (Å²) in [6, 6.07) is 0. The van der Waals surface area contributed by atoms with Crippen LogP contribution >= 0.6 is 15.9 Å². The SMILES string of the molecule is CN(C)CCN=Cc1c(N)c(Br)c[nH]c1=O. The van der Waals surface area contributed by atoms with E-state index >= 15 is 0 Å². The summed E-state index contributed by atoms with van der Waals surface area (Å²) in [6.07, 6.45) is 3.04. The van der Waals surface area contributed by atoms with Crippen molar-refractivity contribution in [3.05, 3.63) is 26.6 Å². The minimum absolute atomic E-state index is 0.227. The number of hydrogen-bond donors (Lipinski definition) is 2. The topological polar surface area (TPSA) is 74.5 Å². The van der Waals surface area contributed by atoms with Crippen LogP contribution in [0, 0.1) is 0 Å². The van der Waals surface area contributed by atoms with Crippen LogP contribution in [0.5, 0.6) is 0 Å². The van der Waals surface area contributed by atoms with Crippen LogP contribution in [-0.4, -0.2) is 43.3 Å². The second-order valence-corrected chi connectivity index (χ2v) is 4.49. The Hall–Kier alpha value is -1.14. The van der Waals surface area contributed by atoms with Crippen LogP contribution in [0.1, 0.15) is 5.56 Å². The Bertz CT molecular complexity index is 439. The zero-order chi connectivity index (χ0) is 12.1. The molecule has 0 saturated heterocycles. The molecular formula is C10H15BrN4O. The van der Waals surface area contributed by atoms with Crippen LogP contribution in [-0.2, 0) is 0 Å². The molecule has 6 heteroatoms. The Balaban J connectivity index is 2.81. The van der Waals surface area contributed by atoms with Gasteiger partial charge in [0.15, 0.2) is 0 Å². The van der Waals surface area contributed by atoms with Crippen molar-refractivity contribution >= 4 is 27.8 Å². The molecule has 88 valence electrons. The summed E-state index contributed by atoms with van der Waals surface area (Å²) in [5.41, 5.74) is 6.34. The van der Waals surface area contributed by atoms with Gasteiger partial charge in [-0.05, 0) is 30.0 Å². The highest BCUT2D eigenvalue weighted by atomic mass is 79.9. The summed E-state index contributed by atoms with van der Waals surface area (Å²) < 4.78 is 0.668. The van der Waals surface area contributed by atoms with Gasteiger partial charge in [-0.15, -0.1) is 0 Å². The minimum atomic E-state index is -0.227. The second-order valence-electron chi connectivity index (χ2n) is 3.63. The van der Waals surface area contributed by atoms with E-state index in [4.69, 9.17) is 5.73 Å². The van der Waals surface area contributed by atoms with E-state index in [2.05, 4.69) is 25.9 Å². The van der Waals surface area contributed by atoms with Gasteiger partial charge in [0.25, 0.3) is 5.56 Å². The van der Waals surface area contributed by atoms with E-state index in [9.17, 15) is 4.79 Å². The number of hydrogen-bond acceptors (Lipinski definition) is 4. The van der Waals surface area contributed by atoms with Gasteiger partial charge in [0.05, 0.1) is 22.3 Å². The molecule has 0 fully saturated rings. The average molecular weight is 287 g/mol. The van der Waals surface area contributed by atoms with E-state index < -0.39 is 0 Å². The Morgan fingerprint density at radius 3 is 2.94 bits per heavy atom. The van der Waals surface area contributed by atoms with Crippen LogP contribution in [0.15, 0.2) is 20.5 Å². The highest BCUT2D eigenvalue weighted by Gasteiger charge is 2.05. The number of nitrogens with one attached hydrogen (secondary N) is 1. The van der Waals surface area contributed by atoms with Gasteiger partial charge in [-0.2, -0.15) is 0 Å². The Morgan fingerprint density at radius 1 is 1.62 bits per heavy atom. The van der Waals surface area contributed by atoms with Gasteiger partial charge in [-0.1, -0.05) is 0 Å². The first-order chi connectivity index (χ1) is 7.52. The molecule has 0 aromatic carbocycles. The molecule has 1 aromatic rings. The van der Waals surface area contributed by atoms with Crippen molar-refractivity contribution in [1.82, 2.24) is 9.88 Å². The Kier molecular flexibility index (Phi) is 4.70. The Labute approximate surface area is 102 Å². The molecule has 0 aliphatic carbocycles. The van der Waals surface area contributed by atoms with Gasteiger partial charge >= 0.3 is 0 Å². The molecule has 0 aliphatic heterocycles. The number of aliphatic imine (C=N–C) groups is 1. The molecule has 0 unspecified atom stereocenters. The maximum Gasteiger partial charge on any atom is 0.258 e. The van der Waals surface area contributed by atoms with Gasteiger partial charge in [-0.3, -0.25) is 9.79 Å². The average Bonchev–Trinajstić information content (AvgIpc) is 2.22. The van der Waals surface area contributed by atoms with Crippen LogP contribution in [0.4, 0.5) is 5.69 Å². The predicted octanol–water partition coefficient (Wildman–Crippen LogP) is 0.700. The number of anilines is 1. The molecule has 0 bridgehead atoms. The fraction of sp³-hybridized carbons (Fsp3) is 0.400. The summed E-state index contributed by atoms with van der Waals surface area (Å²) in [5, 5.41) is 0. The molecule has 1 heterocycles. The largest absolute Gasteiger partial charge is 0.397 e. The van der Waals surface area contributed by atoms with Crippen molar-refractivity contribution in [1.29, 1.82) is 0 Å². The smallest absolute Gasteiger partial charge is 0.258 e. The molecule has 16 heavy (non-hydrogen) atoms. The van der Waals surface area contributed by atoms with Gasteiger partial charge < -0.3 is 15.6 Å². The standard InChI is InChI=1S/C10H15BrN4O/c1-15(2)4-3-13-5-7-9(12)8(11)6-14-10(7)16/h5-6H,3-4H2,1-2H3,(H3,12,14,16). The van der Waals surface area contributed by atoms with Crippen molar-refractivity contribution in [3.63, 3.8) is 0 Å². The lowest BCUT2D eigenvalue weighted by molar-refractivity contribution is 0.421. The zero-order valence-electron chi connectivity index (χ0n) is 9.33. The first-order valence-electron chi connectivity index (χ1n) is 4.83. The number of aromatic amines is 1. The van der Waals surface area contributed by atoms with E-state index in [1.54, 1.807) is 0 Å². The molecule has 5 nitrogen and oxygen atoms in total. The molecule has 0 aliphatic rings. The number of rotatable bonds is 4. The van der Waals surface area contributed by atoms with Gasteiger partial charge in [0.2, 0.25) is 0 Å². The highest BCUT2D eigenvalue weighted by Crippen LogP contribution is 2.17. The summed E-state index contributed by atoms with van der Waals surface area (Å²) in [4.78, 5) is 20.2. The molecule has 0 radical (unpaired) electrons. The second kappa shape index (κ2) is 5.81. The number of pyridine rings is 1. The molecule has 3 N–H and O–H groups in total. The fourth-order valence-corrected chi connectivity index (χ4v) is 1.41. The van der Waals surface area contributed by atoms with Crippen molar-refractivity contribution in [2.45, 2.75) is 0 Å². The number of halogens is 1. The maximum absolute atomic E-state index is 11.5. The fourth-order valence-electron chi connectivity index (χ4n) is 1.08. The quantitative estimate of drug-likeness (QED) is 0.800. The predicted molar refractivity (Wildman–Crippen MR) is 70.2 cm³/mol. The van der Waals surface area contributed by atoms with E-state index in [0.29, 0.717) is 22.3 Å². The number of nitrogens with zero attached hydrogens (tertiary/aromatic N) is 2. The summed E-state index contributed by atoms with van der Waals surface area (Å²) in [6.45, 7) is 1.47.